The molecule has 0 atom stereocenters. The Kier molecular flexibility index (Phi) is 4.17. The van der Waals surface area contributed by atoms with Crippen molar-refractivity contribution < 1.29 is 4.79 Å². The van der Waals surface area contributed by atoms with Crippen molar-refractivity contribution in [3.05, 3.63) is 84.3 Å². The zero-order valence-electron chi connectivity index (χ0n) is 15.6. The molecular formula is C24H21N3O. The first-order valence-corrected chi connectivity index (χ1v) is 9.69. The smallest absolute Gasteiger partial charge is 0.228 e. The lowest BCUT2D eigenvalue weighted by molar-refractivity contribution is -0.115. The van der Waals surface area contributed by atoms with Crippen LogP contribution in [0, 0.1) is 0 Å². The predicted molar refractivity (Wildman–Crippen MR) is 112 cm³/mol. The Labute approximate surface area is 163 Å². The molecule has 138 valence electrons. The van der Waals surface area contributed by atoms with Crippen molar-refractivity contribution in [3.8, 4) is 11.3 Å². The second-order valence-corrected chi connectivity index (χ2v) is 7.26. The van der Waals surface area contributed by atoms with Gasteiger partial charge in [0.1, 0.15) is 5.82 Å². The van der Waals surface area contributed by atoms with Gasteiger partial charge in [0.25, 0.3) is 0 Å². The summed E-state index contributed by atoms with van der Waals surface area (Å²) in [4.78, 5) is 17.1. The molecule has 4 nitrogen and oxygen atoms in total. The summed E-state index contributed by atoms with van der Waals surface area (Å²) in [7, 11) is 0. The van der Waals surface area contributed by atoms with Crippen LogP contribution in [0.1, 0.15) is 17.8 Å². The van der Waals surface area contributed by atoms with Gasteiger partial charge in [-0.25, -0.2) is 4.98 Å². The standard InChI is InChI=1S/C24H21N3O/c28-24(15-19-7-3-6-17-5-1-2-8-21(17)19)26-20-12-10-18(11-13-20)22-16-25-23-9-4-14-27(22)23/h1-3,5-8,10-13,16H,4,9,14-15H2,(H,26,28). The Balaban J connectivity index is 1.31. The fraction of sp³-hybridized carbons (Fsp3) is 0.167. The topological polar surface area (TPSA) is 46.9 Å². The summed E-state index contributed by atoms with van der Waals surface area (Å²) < 4.78 is 2.29. The molecule has 28 heavy (non-hydrogen) atoms. The number of aromatic nitrogens is 2. The summed E-state index contributed by atoms with van der Waals surface area (Å²) in [6.45, 7) is 1.04. The zero-order valence-corrected chi connectivity index (χ0v) is 15.6. The Hall–Kier alpha value is -3.40. The predicted octanol–water partition coefficient (Wildman–Crippen LogP) is 4.83. The van der Waals surface area contributed by atoms with Gasteiger partial charge < -0.3 is 9.88 Å². The summed E-state index contributed by atoms with van der Waals surface area (Å²) in [5.74, 6) is 1.16. The van der Waals surface area contributed by atoms with Gasteiger partial charge in [-0.3, -0.25) is 4.79 Å². The number of imidazole rings is 1. The van der Waals surface area contributed by atoms with Crippen molar-refractivity contribution in [2.45, 2.75) is 25.8 Å². The molecule has 1 N–H and O–H groups in total. The highest BCUT2D eigenvalue weighted by atomic mass is 16.1. The minimum Gasteiger partial charge on any atom is -0.328 e. The van der Waals surface area contributed by atoms with Gasteiger partial charge in [0.15, 0.2) is 0 Å². The van der Waals surface area contributed by atoms with Crippen molar-refractivity contribution in [2.24, 2.45) is 0 Å². The third-order valence-electron chi connectivity index (χ3n) is 5.42. The highest BCUT2D eigenvalue weighted by Gasteiger charge is 2.16. The maximum absolute atomic E-state index is 12.6. The van der Waals surface area contributed by atoms with Gasteiger partial charge in [0.05, 0.1) is 18.3 Å². The second kappa shape index (κ2) is 6.97. The minimum atomic E-state index is -0.00523. The van der Waals surface area contributed by atoms with Gasteiger partial charge >= 0.3 is 0 Å². The second-order valence-electron chi connectivity index (χ2n) is 7.26. The Morgan fingerprint density at radius 3 is 2.71 bits per heavy atom. The molecular weight excluding hydrogens is 346 g/mol. The number of hydrogen-bond acceptors (Lipinski definition) is 2. The highest BCUT2D eigenvalue weighted by Crippen LogP contribution is 2.26. The van der Waals surface area contributed by atoms with Gasteiger partial charge in [0, 0.05) is 18.7 Å². The van der Waals surface area contributed by atoms with Gasteiger partial charge in [-0.05, 0) is 40.5 Å². The largest absolute Gasteiger partial charge is 0.328 e. The summed E-state index contributed by atoms with van der Waals surface area (Å²) in [5, 5.41) is 5.31. The van der Waals surface area contributed by atoms with Crippen LogP contribution in [0.2, 0.25) is 0 Å². The van der Waals surface area contributed by atoms with E-state index < -0.39 is 0 Å². The number of nitrogens with one attached hydrogen (secondary N) is 1. The van der Waals surface area contributed by atoms with E-state index in [2.05, 4.69) is 45.2 Å². The molecule has 0 bridgehead atoms. The Morgan fingerprint density at radius 1 is 1.00 bits per heavy atom. The van der Waals surface area contributed by atoms with Crippen LogP contribution in [-0.4, -0.2) is 15.5 Å². The molecule has 3 aromatic carbocycles. The van der Waals surface area contributed by atoms with E-state index in [4.69, 9.17) is 0 Å². The molecule has 0 unspecified atom stereocenters. The molecule has 0 saturated heterocycles. The average Bonchev–Trinajstić information content (AvgIpc) is 3.33. The van der Waals surface area contributed by atoms with Gasteiger partial charge in [-0.2, -0.15) is 0 Å². The lowest BCUT2D eigenvalue weighted by atomic mass is 10.0. The average molecular weight is 367 g/mol. The highest BCUT2D eigenvalue weighted by molar-refractivity contribution is 5.96. The molecule has 1 aliphatic heterocycles. The van der Waals surface area contributed by atoms with Crippen molar-refractivity contribution in [2.75, 3.05) is 5.32 Å². The fourth-order valence-electron chi connectivity index (χ4n) is 4.04. The van der Waals surface area contributed by atoms with Crippen LogP contribution in [0.3, 0.4) is 0 Å². The molecule has 0 fully saturated rings. The summed E-state index contributed by atoms with van der Waals surface area (Å²) >= 11 is 0. The van der Waals surface area contributed by atoms with Gasteiger partial charge in [-0.15, -0.1) is 0 Å². The first kappa shape index (κ1) is 16.8. The number of carbonyl (C=O) groups excluding carboxylic acids is 1. The molecule has 1 aliphatic rings. The summed E-state index contributed by atoms with van der Waals surface area (Å²) in [6, 6.07) is 22.3. The maximum Gasteiger partial charge on any atom is 0.228 e. The van der Waals surface area contributed by atoms with E-state index in [0.29, 0.717) is 6.42 Å². The van der Waals surface area contributed by atoms with E-state index >= 15 is 0 Å². The van der Waals surface area contributed by atoms with Gasteiger partial charge in [0.2, 0.25) is 5.91 Å². The number of benzene rings is 3. The number of rotatable bonds is 4. The number of fused-ring (bicyclic) bond motifs is 2. The van der Waals surface area contributed by atoms with E-state index in [1.807, 2.05) is 42.6 Å². The number of carbonyl (C=O) groups is 1. The van der Waals surface area contributed by atoms with E-state index in [1.54, 1.807) is 0 Å². The molecule has 0 saturated carbocycles. The van der Waals surface area contributed by atoms with Crippen LogP contribution < -0.4 is 5.32 Å². The van der Waals surface area contributed by atoms with Crippen LogP contribution in [0.15, 0.2) is 72.9 Å². The van der Waals surface area contributed by atoms with Crippen LogP contribution in [0.25, 0.3) is 22.0 Å². The monoisotopic (exact) mass is 367 g/mol. The number of nitrogens with zero attached hydrogens (tertiary/aromatic N) is 2. The number of anilines is 1. The lowest BCUT2D eigenvalue weighted by Gasteiger charge is -2.09. The van der Waals surface area contributed by atoms with Crippen molar-refractivity contribution in [1.29, 1.82) is 0 Å². The number of amides is 1. The molecule has 1 aromatic heterocycles. The number of aryl methyl sites for hydroxylation is 1. The SMILES string of the molecule is O=C(Cc1cccc2ccccc12)Nc1ccc(-c2cnc3n2CCC3)cc1. The third-order valence-corrected chi connectivity index (χ3v) is 5.42. The first-order chi connectivity index (χ1) is 13.8. The van der Waals surface area contributed by atoms with Crippen LogP contribution in [0.4, 0.5) is 5.69 Å². The van der Waals surface area contributed by atoms with Crippen molar-refractivity contribution in [3.63, 3.8) is 0 Å². The van der Waals surface area contributed by atoms with Crippen molar-refractivity contribution >= 4 is 22.4 Å². The molecule has 0 aliphatic carbocycles. The van der Waals surface area contributed by atoms with Crippen LogP contribution >= 0.6 is 0 Å². The zero-order chi connectivity index (χ0) is 18.9. The maximum atomic E-state index is 12.6. The first-order valence-electron chi connectivity index (χ1n) is 9.69. The van der Waals surface area contributed by atoms with E-state index in [1.165, 1.54) is 12.2 Å². The fourth-order valence-corrected chi connectivity index (χ4v) is 4.04. The molecule has 5 rings (SSSR count). The van der Waals surface area contributed by atoms with E-state index in [0.717, 1.165) is 46.2 Å². The molecule has 2 heterocycles. The Morgan fingerprint density at radius 2 is 1.82 bits per heavy atom. The van der Waals surface area contributed by atoms with Crippen LogP contribution in [0.5, 0.6) is 0 Å². The minimum absolute atomic E-state index is 0.00523. The molecule has 0 spiro atoms. The quantitative estimate of drug-likeness (QED) is 0.561. The van der Waals surface area contributed by atoms with E-state index in [9.17, 15) is 4.79 Å². The third kappa shape index (κ3) is 3.07. The van der Waals surface area contributed by atoms with Gasteiger partial charge in [-0.1, -0.05) is 54.6 Å². The molecule has 1 amide bonds. The summed E-state index contributed by atoms with van der Waals surface area (Å²) in [5.41, 5.74) is 4.14. The van der Waals surface area contributed by atoms with E-state index in [-0.39, 0.29) is 5.91 Å². The lowest BCUT2D eigenvalue weighted by Crippen LogP contribution is -2.14. The van der Waals surface area contributed by atoms with Crippen LogP contribution in [-0.2, 0) is 24.2 Å². The molecule has 4 aromatic rings. The summed E-state index contributed by atoms with van der Waals surface area (Å²) in [6.07, 6.45) is 4.53. The van der Waals surface area contributed by atoms with Crippen molar-refractivity contribution in [1.82, 2.24) is 9.55 Å². The molecule has 0 radical (unpaired) electrons. The Bertz CT molecular complexity index is 1150. The normalized spacial score (nSPS) is 12.9. The molecule has 4 heteroatoms. The number of hydrogen-bond donors (Lipinski definition) is 1.